The third-order valence-corrected chi connectivity index (χ3v) is 2.43. The molecule has 0 bridgehead atoms. The number of thiazole rings is 1. The van der Waals surface area contributed by atoms with Gasteiger partial charge in [-0.2, -0.15) is 0 Å². The van der Waals surface area contributed by atoms with Crippen molar-refractivity contribution >= 4 is 16.5 Å². The number of anilines is 1. The van der Waals surface area contributed by atoms with Crippen molar-refractivity contribution in [2.75, 3.05) is 12.3 Å². The Morgan fingerprint density at radius 2 is 2.45 bits per heavy atom. The highest BCUT2D eigenvalue weighted by Gasteiger charge is 2.09. The number of aromatic nitrogens is 1. The van der Waals surface area contributed by atoms with Crippen LogP contribution in [-0.2, 0) is 0 Å². The molecule has 1 rings (SSSR count). The van der Waals surface area contributed by atoms with Crippen molar-refractivity contribution in [1.82, 2.24) is 4.98 Å². The van der Waals surface area contributed by atoms with Crippen LogP contribution in [-0.4, -0.2) is 11.5 Å². The summed E-state index contributed by atoms with van der Waals surface area (Å²) in [4.78, 5) is 4.17. The van der Waals surface area contributed by atoms with Gasteiger partial charge >= 0.3 is 0 Å². The molecule has 1 aromatic rings. The standard InChI is InChI=1S/C7H13N3S/c1-2-5(3-8)6-4-11-7(9)10-6/h4-5H,2-3,8H2,1H3,(H2,9,10). The summed E-state index contributed by atoms with van der Waals surface area (Å²) in [5, 5.41) is 2.61. The molecule has 1 unspecified atom stereocenters. The lowest BCUT2D eigenvalue weighted by molar-refractivity contribution is 0.659. The molecule has 62 valence electrons. The first-order valence-electron chi connectivity index (χ1n) is 3.68. The van der Waals surface area contributed by atoms with Crippen LogP contribution in [0.25, 0.3) is 0 Å². The Morgan fingerprint density at radius 1 is 1.73 bits per heavy atom. The van der Waals surface area contributed by atoms with Crippen LogP contribution in [0.3, 0.4) is 0 Å². The molecule has 0 aromatic carbocycles. The lowest BCUT2D eigenvalue weighted by Crippen LogP contribution is -2.11. The summed E-state index contributed by atoms with van der Waals surface area (Å²) in [6.07, 6.45) is 1.03. The second-order valence-corrected chi connectivity index (χ2v) is 3.34. The molecule has 0 fully saturated rings. The summed E-state index contributed by atoms with van der Waals surface area (Å²) >= 11 is 1.47. The summed E-state index contributed by atoms with van der Waals surface area (Å²) in [7, 11) is 0. The molecule has 0 aliphatic heterocycles. The summed E-state index contributed by atoms with van der Waals surface area (Å²) in [6.45, 7) is 2.76. The Balaban J connectivity index is 2.73. The molecule has 0 radical (unpaired) electrons. The van der Waals surface area contributed by atoms with Gasteiger partial charge in [-0.1, -0.05) is 6.92 Å². The molecule has 0 aliphatic carbocycles. The summed E-state index contributed by atoms with van der Waals surface area (Å²) < 4.78 is 0. The smallest absolute Gasteiger partial charge is 0.180 e. The second-order valence-electron chi connectivity index (χ2n) is 2.45. The quantitative estimate of drug-likeness (QED) is 0.717. The van der Waals surface area contributed by atoms with Crippen LogP contribution in [0.2, 0.25) is 0 Å². The molecule has 1 heterocycles. The van der Waals surface area contributed by atoms with Gasteiger partial charge in [-0.15, -0.1) is 11.3 Å². The number of hydrogen-bond donors (Lipinski definition) is 2. The Bertz CT molecular complexity index is 217. The zero-order valence-corrected chi connectivity index (χ0v) is 7.40. The van der Waals surface area contributed by atoms with E-state index in [1.807, 2.05) is 5.38 Å². The Kier molecular flexibility index (Phi) is 2.84. The van der Waals surface area contributed by atoms with Crippen LogP contribution in [0, 0.1) is 0 Å². The number of hydrogen-bond acceptors (Lipinski definition) is 4. The van der Waals surface area contributed by atoms with Crippen LogP contribution in [0.5, 0.6) is 0 Å². The minimum absolute atomic E-state index is 0.378. The van der Waals surface area contributed by atoms with Crippen molar-refractivity contribution in [2.24, 2.45) is 5.73 Å². The predicted octanol–water partition coefficient (Wildman–Crippen LogP) is 1.18. The highest BCUT2D eigenvalue weighted by molar-refractivity contribution is 7.13. The van der Waals surface area contributed by atoms with Gasteiger partial charge in [0.1, 0.15) is 0 Å². The summed E-state index contributed by atoms with van der Waals surface area (Å²) in [5.74, 6) is 0.378. The number of rotatable bonds is 3. The number of nitrogen functional groups attached to an aromatic ring is 1. The fourth-order valence-electron chi connectivity index (χ4n) is 0.985. The van der Waals surface area contributed by atoms with Gasteiger partial charge in [-0.25, -0.2) is 4.98 Å². The van der Waals surface area contributed by atoms with Crippen molar-refractivity contribution in [1.29, 1.82) is 0 Å². The van der Waals surface area contributed by atoms with E-state index in [0.29, 0.717) is 17.6 Å². The van der Waals surface area contributed by atoms with E-state index in [1.54, 1.807) is 0 Å². The first-order valence-corrected chi connectivity index (χ1v) is 4.56. The van der Waals surface area contributed by atoms with Crippen LogP contribution in [0.15, 0.2) is 5.38 Å². The summed E-state index contributed by atoms with van der Waals surface area (Å²) in [5.41, 5.74) is 12.1. The van der Waals surface area contributed by atoms with E-state index >= 15 is 0 Å². The van der Waals surface area contributed by atoms with Gasteiger partial charge in [-0.3, -0.25) is 0 Å². The molecule has 0 spiro atoms. The third kappa shape index (κ3) is 1.91. The number of nitrogens with zero attached hydrogens (tertiary/aromatic N) is 1. The molecule has 1 atom stereocenters. The lowest BCUT2D eigenvalue weighted by atomic mass is 10.0. The van der Waals surface area contributed by atoms with Crippen molar-refractivity contribution in [3.05, 3.63) is 11.1 Å². The average Bonchev–Trinajstić information content (AvgIpc) is 2.39. The normalized spacial score (nSPS) is 13.3. The highest BCUT2D eigenvalue weighted by atomic mass is 32.1. The Hall–Kier alpha value is -0.610. The third-order valence-electron chi connectivity index (χ3n) is 1.74. The highest BCUT2D eigenvalue weighted by Crippen LogP contribution is 2.21. The molecular formula is C7H13N3S. The van der Waals surface area contributed by atoms with Gasteiger partial charge in [0, 0.05) is 17.8 Å². The molecule has 0 amide bonds. The lowest BCUT2D eigenvalue weighted by Gasteiger charge is -2.06. The van der Waals surface area contributed by atoms with Gasteiger partial charge < -0.3 is 11.5 Å². The van der Waals surface area contributed by atoms with Crippen LogP contribution in [0.4, 0.5) is 5.13 Å². The van der Waals surface area contributed by atoms with Gasteiger partial charge in [0.05, 0.1) is 5.69 Å². The fraction of sp³-hybridized carbons (Fsp3) is 0.571. The van der Waals surface area contributed by atoms with Crippen molar-refractivity contribution in [2.45, 2.75) is 19.3 Å². The van der Waals surface area contributed by atoms with Gasteiger partial charge in [-0.05, 0) is 6.42 Å². The van der Waals surface area contributed by atoms with E-state index in [4.69, 9.17) is 11.5 Å². The van der Waals surface area contributed by atoms with Gasteiger partial charge in [0.25, 0.3) is 0 Å². The maximum atomic E-state index is 5.55. The molecule has 4 heteroatoms. The molecule has 11 heavy (non-hydrogen) atoms. The second kappa shape index (κ2) is 3.69. The average molecular weight is 171 g/mol. The van der Waals surface area contributed by atoms with Gasteiger partial charge in [0.15, 0.2) is 5.13 Å². The maximum absolute atomic E-state index is 5.55. The van der Waals surface area contributed by atoms with Crippen LogP contribution < -0.4 is 11.5 Å². The maximum Gasteiger partial charge on any atom is 0.180 e. The van der Waals surface area contributed by atoms with E-state index in [-0.39, 0.29) is 0 Å². The van der Waals surface area contributed by atoms with Crippen molar-refractivity contribution in [3.63, 3.8) is 0 Å². The van der Waals surface area contributed by atoms with Crippen LogP contribution in [0.1, 0.15) is 25.0 Å². The first kappa shape index (κ1) is 8.49. The molecule has 4 N–H and O–H groups in total. The fourth-order valence-corrected chi connectivity index (χ4v) is 1.63. The van der Waals surface area contributed by atoms with Crippen molar-refractivity contribution < 1.29 is 0 Å². The van der Waals surface area contributed by atoms with E-state index in [1.165, 1.54) is 11.3 Å². The van der Waals surface area contributed by atoms with Crippen LogP contribution >= 0.6 is 11.3 Å². The Labute approximate surface area is 70.4 Å². The largest absolute Gasteiger partial charge is 0.375 e. The summed E-state index contributed by atoms with van der Waals surface area (Å²) in [6, 6.07) is 0. The van der Waals surface area contributed by atoms with Gasteiger partial charge in [0.2, 0.25) is 0 Å². The topological polar surface area (TPSA) is 64.9 Å². The molecule has 0 saturated carbocycles. The minimum atomic E-state index is 0.378. The number of nitrogens with two attached hydrogens (primary N) is 2. The minimum Gasteiger partial charge on any atom is -0.375 e. The predicted molar refractivity (Wildman–Crippen MR) is 48.6 cm³/mol. The zero-order chi connectivity index (χ0) is 8.27. The molecule has 0 saturated heterocycles. The SMILES string of the molecule is CCC(CN)c1csc(N)n1. The molecule has 0 aliphatic rings. The van der Waals surface area contributed by atoms with E-state index in [0.717, 1.165) is 12.1 Å². The van der Waals surface area contributed by atoms with Crippen molar-refractivity contribution in [3.8, 4) is 0 Å². The van der Waals surface area contributed by atoms with E-state index in [2.05, 4.69) is 11.9 Å². The molecular weight excluding hydrogens is 158 g/mol. The monoisotopic (exact) mass is 171 g/mol. The van der Waals surface area contributed by atoms with E-state index < -0.39 is 0 Å². The van der Waals surface area contributed by atoms with E-state index in [9.17, 15) is 0 Å². The zero-order valence-electron chi connectivity index (χ0n) is 6.58. The Morgan fingerprint density at radius 3 is 2.82 bits per heavy atom. The molecule has 3 nitrogen and oxygen atoms in total. The molecule has 1 aromatic heterocycles. The first-order chi connectivity index (χ1) is 5.27.